The molecule has 0 bridgehead atoms. The molecule has 0 unspecified atom stereocenters. The van der Waals surface area contributed by atoms with Crippen molar-refractivity contribution >= 4 is 23.4 Å². The van der Waals surface area contributed by atoms with Gasteiger partial charge in [-0.05, 0) is 18.2 Å². The SMILES string of the molecule is [CH2]Sc1ccc(O)c(Cl)c1. The number of halogens is 1. The second-order valence-corrected chi connectivity index (χ2v) is 2.92. The summed E-state index contributed by atoms with van der Waals surface area (Å²) in [4.78, 5) is 0.947. The number of phenols is 1. The van der Waals surface area contributed by atoms with Crippen molar-refractivity contribution in [3.05, 3.63) is 29.5 Å². The van der Waals surface area contributed by atoms with Gasteiger partial charge in [0.05, 0.1) is 5.02 Å². The fourth-order valence-corrected chi connectivity index (χ4v) is 1.19. The van der Waals surface area contributed by atoms with Crippen molar-refractivity contribution in [3.8, 4) is 5.75 Å². The second kappa shape index (κ2) is 3.17. The summed E-state index contributed by atoms with van der Waals surface area (Å²) in [6.07, 6.45) is 3.60. The average Bonchev–Trinajstić information content (AvgIpc) is 1.95. The summed E-state index contributed by atoms with van der Waals surface area (Å²) >= 11 is 6.95. The number of aromatic hydroxyl groups is 1. The van der Waals surface area contributed by atoms with Crippen molar-refractivity contribution in [3.63, 3.8) is 0 Å². The van der Waals surface area contributed by atoms with E-state index in [2.05, 4.69) is 6.26 Å². The molecule has 1 nitrogen and oxygen atoms in total. The summed E-state index contributed by atoms with van der Waals surface area (Å²) in [6, 6.07) is 4.99. The number of hydrogen-bond acceptors (Lipinski definition) is 2. The molecule has 0 spiro atoms. The molecule has 0 amide bonds. The van der Waals surface area contributed by atoms with Gasteiger partial charge in [-0.25, -0.2) is 0 Å². The molecule has 53 valence electrons. The van der Waals surface area contributed by atoms with Crippen LogP contribution in [0.4, 0.5) is 0 Å². The molecule has 0 fully saturated rings. The van der Waals surface area contributed by atoms with E-state index in [0.717, 1.165) is 4.90 Å². The molecule has 1 radical (unpaired) electrons. The summed E-state index contributed by atoms with van der Waals surface area (Å²) in [7, 11) is 0. The minimum Gasteiger partial charge on any atom is -0.506 e. The average molecular weight is 174 g/mol. The number of phenolic OH excluding ortho intramolecular Hbond substituents is 1. The van der Waals surface area contributed by atoms with Crippen LogP contribution < -0.4 is 0 Å². The Kier molecular flexibility index (Phi) is 2.46. The van der Waals surface area contributed by atoms with E-state index in [1.54, 1.807) is 18.2 Å². The summed E-state index contributed by atoms with van der Waals surface area (Å²) in [5, 5.41) is 9.35. The van der Waals surface area contributed by atoms with Crippen LogP contribution >= 0.6 is 23.4 Å². The van der Waals surface area contributed by atoms with E-state index in [9.17, 15) is 0 Å². The number of benzene rings is 1. The Morgan fingerprint density at radius 1 is 1.50 bits per heavy atom. The Bertz CT molecular complexity index is 237. The molecule has 1 N–H and O–H groups in total. The molecule has 0 saturated heterocycles. The van der Waals surface area contributed by atoms with Gasteiger partial charge < -0.3 is 5.11 Å². The maximum atomic E-state index is 8.98. The van der Waals surface area contributed by atoms with Crippen molar-refractivity contribution in [1.82, 2.24) is 0 Å². The molecule has 0 saturated carbocycles. The maximum Gasteiger partial charge on any atom is 0.134 e. The summed E-state index contributed by atoms with van der Waals surface area (Å²) in [6.45, 7) is 0. The quantitative estimate of drug-likeness (QED) is 0.659. The normalized spacial score (nSPS) is 9.80. The molecule has 0 atom stereocenters. The van der Waals surface area contributed by atoms with Crippen LogP contribution in [-0.2, 0) is 0 Å². The van der Waals surface area contributed by atoms with E-state index in [4.69, 9.17) is 16.7 Å². The van der Waals surface area contributed by atoms with E-state index in [1.807, 2.05) is 0 Å². The van der Waals surface area contributed by atoms with Gasteiger partial charge in [0.2, 0.25) is 0 Å². The van der Waals surface area contributed by atoms with Crippen LogP contribution in [0.25, 0.3) is 0 Å². The molecule has 1 aromatic rings. The number of thioether (sulfide) groups is 1. The molecule has 0 aromatic heterocycles. The molecule has 1 aromatic carbocycles. The number of hydrogen-bond donors (Lipinski definition) is 1. The van der Waals surface area contributed by atoms with Gasteiger partial charge in [-0.2, -0.15) is 0 Å². The van der Waals surface area contributed by atoms with Crippen LogP contribution in [0.1, 0.15) is 0 Å². The highest BCUT2D eigenvalue weighted by atomic mass is 35.5. The Morgan fingerprint density at radius 2 is 2.20 bits per heavy atom. The molecule has 10 heavy (non-hydrogen) atoms. The third kappa shape index (κ3) is 1.58. The zero-order valence-electron chi connectivity index (χ0n) is 5.17. The fourth-order valence-electron chi connectivity index (χ4n) is 0.577. The maximum absolute atomic E-state index is 8.98. The van der Waals surface area contributed by atoms with Gasteiger partial charge in [0, 0.05) is 11.2 Å². The van der Waals surface area contributed by atoms with Gasteiger partial charge in [0.25, 0.3) is 0 Å². The first-order valence-electron chi connectivity index (χ1n) is 2.64. The van der Waals surface area contributed by atoms with Crippen LogP contribution in [0.5, 0.6) is 5.75 Å². The van der Waals surface area contributed by atoms with Crippen LogP contribution in [0.15, 0.2) is 23.1 Å². The van der Waals surface area contributed by atoms with E-state index in [0.29, 0.717) is 5.02 Å². The molecule has 0 heterocycles. The monoisotopic (exact) mass is 173 g/mol. The Hall–Kier alpha value is -0.340. The Balaban J connectivity index is 3.04. The molecule has 1 rings (SSSR count). The zero-order chi connectivity index (χ0) is 7.56. The minimum absolute atomic E-state index is 0.111. The Labute approximate surface area is 69.0 Å². The van der Waals surface area contributed by atoms with Crippen LogP contribution in [0.2, 0.25) is 5.02 Å². The van der Waals surface area contributed by atoms with Gasteiger partial charge in [-0.1, -0.05) is 11.6 Å². The van der Waals surface area contributed by atoms with E-state index in [-0.39, 0.29) is 5.75 Å². The van der Waals surface area contributed by atoms with Gasteiger partial charge in [0.15, 0.2) is 0 Å². The second-order valence-electron chi connectivity index (χ2n) is 1.76. The molecule has 0 aliphatic carbocycles. The highest BCUT2D eigenvalue weighted by Crippen LogP contribution is 2.27. The lowest BCUT2D eigenvalue weighted by Gasteiger charge is -1.97. The van der Waals surface area contributed by atoms with Crippen LogP contribution in [-0.4, -0.2) is 5.11 Å². The third-order valence-electron chi connectivity index (χ3n) is 1.09. The molecular weight excluding hydrogens is 168 g/mol. The van der Waals surface area contributed by atoms with Crippen molar-refractivity contribution in [2.24, 2.45) is 0 Å². The van der Waals surface area contributed by atoms with Gasteiger partial charge in [0.1, 0.15) is 5.75 Å². The lowest BCUT2D eigenvalue weighted by molar-refractivity contribution is 0.475. The molecule has 0 aliphatic heterocycles. The minimum atomic E-state index is 0.111. The summed E-state index contributed by atoms with van der Waals surface area (Å²) in [5.41, 5.74) is 0. The Morgan fingerprint density at radius 3 is 2.70 bits per heavy atom. The van der Waals surface area contributed by atoms with Crippen LogP contribution in [0, 0.1) is 6.26 Å². The van der Waals surface area contributed by atoms with E-state index < -0.39 is 0 Å². The van der Waals surface area contributed by atoms with Crippen LogP contribution in [0.3, 0.4) is 0 Å². The molecule has 3 heteroatoms. The summed E-state index contributed by atoms with van der Waals surface area (Å²) in [5.74, 6) is 0.111. The fraction of sp³-hybridized carbons (Fsp3) is 0. The topological polar surface area (TPSA) is 20.2 Å². The van der Waals surface area contributed by atoms with Gasteiger partial charge >= 0.3 is 0 Å². The van der Waals surface area contributed by atoms with E-state index >= 15 is 0 Å². The van der Waals surface area contributed by atoms with E-state index in [1.165, 1.54) is 11.8 Å². The molecular formula is C7H6ClOS. The lowest BCUT2D eigenvalue weighted by atomic mass is 10.3. The molecule has 0 aliphatic rings. The zero-order valence-corrected chi connectivity index (χ0v) is 6.75. The third-order valence-corrected chi connectivity index (χ3v) is 1.98. The highest BCUT2D eigenvalue weighted by molar-refractivity contribution is 8.00. The lowest BCUT2D eigenvalue weighted by Crippen LogP contribution is -1.69. The first-order valence-corrected chi connectivity index (χ1v) is 4.01. The highest BCUT2D eigenvalue weighted by Gasteiger charge is 1.97. The van der Waals surface area contributed by atoms with Gasteiger partial charge in [-0.15, -0.1) is 11.8 Å². The standard InChI is InChI=1S/C7H6ClOS/c1-10-5-2-3-7(9)6(8)4-5/h2-4,9H,1H2. The van der Waals surface area contributed by atoms with Crippen molar-refractivity contribution in [2.45, 2.75) is 4.90 Å². The first-order chi connectivity index (χ1) is 4.74. The smallest absolute Gasteiger partial charge is 0.134 e. The predicted molar refractivity (Wildman–Crippen MR) is 44.3 cm³/mol. The number of rotatable bonds is 1. The predicted octanol–water partition coefficient (Wildman–Crippen LogP) is 2.93. The van der Waals surface area contributed by atoms with Crippen molar-refractivity contribution < 1.29 is 5.11 Å². The van der Waals surface area contributed by atoms with Crippen molar-refractivity contribution in [1.29, 1.82) is 0 Å². The largest absolute Gasteiger partial charge is 0.506 e. The first kappa shape index (κ1) is 7.76. The summed E-state index contributed by atoms with van der Waals surface area (Å²) < 4.78 is 0. The van der Waals surface area contributed by atoms with Crippen molar-refractivity contribution in [2.75, 3.05) is 0 Å². The van der Waals surface area contributed by atoms with Gasteiger partial charge in [-0.3, -0.25) is 0 Å².